The van der Waals surface area contributed by atoms with E-state index in [0.717, 1.165) is 38.8 Å². The van der Waals surface area contributed by atoms with Crippen LogP contribution in [0.25, 0.3) is 0 Å². The van der Waals surface area contributed by atoms with Gasteiger partial charge in [0.15, 0.2) is 0 Å². The predicted molar refractivity (Wildman–Crippen MR) is 49.9 cm³/mol. The molecule has 0 aromatic heterocycles. The number of amides is 1. The van der Waals surface area contributed by atoms with Gasteiger partial charge in [-0.25, -0.2) is 0 Å². The number of likely N-dealkylation sites (tertiary alicyclic amines) is 1. The molecule has 1 fully saturated rings. The molecule has 1 aliphatic rings. The minimum absolute atomic E-state index is 0.274. The van der Waals surface area contributed by atoms with Crippen molar-refractivity contribution in [3.05, 3.63) is 6.92 Å². The number of aliphatic hydroxyl groups excluding tert-OH is 1. The lowest BCUT2D eigenvalue weighted by molar-refractivity contribution is -0.127. The third-order valence-corrected chi connectivity index (χ3v) is 2.70. The van der Waals surface area contributed by atoms with Gasteiger partial charge in [-0.15, -0.1) is 0 Å². The van der Waals surface area contributed by atoms with E-state index in [1.54, 1.807) is 4.90 Å². The van der Waals surface area contributed by atoms with Gasteiger partial charge in [0.25, 0.3) is 0 Å². The molecular formula is C10H17NO2. The third kappa shape index (κ3) is 3.35. The highest BCUT2D eigenvalue weighted by Gasteiger charge is 2.19. The van der Waals surface area contributed by atoms with Crippen molar-refractivity contribution < 1.29 is 9.90 Å². The molecule has 13 heavy (non-hydrogen) atoms. The van der Waals surface area contributed by atoms with Crippen molar-refractivity contribution in [2.24, 2.45) is 5.92 Å². The lowest BCUT2D eigenvalue weighted by Crippen LogP contribution is -2.37. The smallest absolute Gasteiger partial charge is 0.227 e. The fourth-order valence-electron chi connectivity index (χ4n) is 1.82. The summed E-state index contributed by atoms with van der Waals surface area (Å²) in [6.07, 6.45) is 4.01. The summed E-state index contributed by atoms with van der Waals surface area (Å²) in [6.45, 7) is 7.00. The maximum Gasteiger partial charge on any atom is 0.227 e. The van der Waals surface area contributed by atoms with Crippen LogP contribution in [0.5, 0.6) is 0 Å². The summed E-state index contributed by atoms with van der Waals surface area (Å²) in [5.74, 6) is 0.364. The first-order valence-corrected chi connectivity index (χ1v) is 4.89. The average Bonchev–Trinajstić information content (AvgIpc) is 2.15. The number of hydrogen-bond donors (Lipinski definition) is 1. The van der Waals surface area contributed by atoms with Gasteiger partial charge in [0, 0.05) is 19.7 Å². The van der Waals surface area contributed by atoms with Crippen LogP contribution in [-0.2, 0) is 4.79 Å². The second-order valence-electron chi connectivity index (χ2n) is 3.63. The van der Waals surface area contributed by atoms with E-state index < -0.39 is 0 Å². The van der Waals surface area contributed by atoms with Gasteiger partial charge in [0.1, 0.15) is 0 Å². The maximum atomic E-state index is 10.8. The quantitative estimate of drug-likeness (QED) is 0.700. The van der Waals surface area contributed by atoms with Crippen molar-refractivity contribution in [1.82, 2.24) is 4.90 Å². The van der Waals surface area contributed by atoms with Crippen LogP contribution in [0.2, 0.25) is 0 Å². The predicted octanol–water partition coefficient (Wildman–Crippen LogP) is 0.709. The Morgan fingerprint density at radius 3 is 2.54 bits per heavy atom. The lowest BCUT2D eigenvalue weighted by atomic mass is 9.92. The molecule has 2 radical (unpaired) electrons. The van der Waals surface area contributed by atoms with Crippen molar-refractivity contribution in [2.75, 3.05) is 19.7 Å². The zero-order valence-electron chi connectivity index (χ0n) is 7.91. The van der Waals surface area contributed by atoms with E-state index in [-0.39, 0.29) is 12.5 Å². The normalized spacial score (nSPS) is 19.1. The Kier molecular flexibility index (Phi) is 4.22. The van der Waals surface area contributed by atoms with Crippen LogP contribution in [0, 0.1) is 12.8 Å². The fraction of sp³-hybridized carbons (Fsp3) is 0.800. The second-order valence-corrected chi connectivity index (χ2v) is 3.63. The average molecular weight is 183 g/mol. The maximum absolute atomic E-state index is 10.8. The van der Waals surface area contributed by atoms with Crippen molar-refractivity contribution in [3.63, 3.8) is 0 Å². The van der Waals surface area contributed by atoms with Crippen molar-refractivity contribution >= 4 is 5.91 Å². The van der Waals surface area contributed by atoms with Gasteiger partial charge in [-0.3, -0.25) is 4.79 Å². The summed E-state index contributed by atoms with van der Waals surface area (Å²) in [5.41, 5.74) is 0. The van der Waals surface area contributed by atoms with Gasteiger partial charge in [0.05, 0.1) is 6.92 Å². The molecular weight excluding hydrogens is 166 g/mol. The number of nitrogens with zero attached hydrogens (tertiary/aromatic N) is 1. The topological polar surface area (TPSA) is 40.5 Å². The summed E-state index contributed by atoms with van der Waals surface area (Å²) in [5, 5.41) is 8.65. The van der Waals surface area contributed by atoms with Gasteiger partial charge in [-0.2, -0.15) is 0 Å². The van der Waals surface area contributed by atoms with E-state index in [1.165, 1.54) is 0 Å². The van der Waals surface area contributed by atoms with Crippen LogP contribution in [0.4, 0.5) is 0 Å². The molecule has 3 heteroatoms. The van der Waals surface area contributed by atoms with Crippen molar-refractivity contribution in [1.29, 1.82) is 0 Å². The molecule has 1 aliphatic heterocycles. The van der Waals surface area contributed by atoms with Crippen LogP contribution in [0.1, 0.15) is 25.7 Å². The molecule has 74 valence electrons. The second kappa shape index (κ2) is 5.22. The molecule has 0 unspecified atom stereocenters. The zero-order valence-corrected chi connectivity index (χ0v) is 7.91. The van der Waals surface area contributed by atoms with E-state index >= 15 is 0 Å². The van der Waals surface area contributed by atoms with E-state index in [9.17, 15) is 4.79 Å². The number of rotatable bonds is 3. The minimum atomic E-state index is -0.305. The first kappa shape index (κ1) is 10.5. The Balaban J connectivity index is 2.18. The largest absolute Gasteiger partial charge is 0.396 e. The molecule has 1 amide bonds. The van der Waals surface area contributed by atoms with Crippen LogP contribution in [-0.4, -0.2) is 35.6 Å². The molecule has 0 saturated carbocycles. The van der Waals surface area contributed by atoms with Gasteiger partial charge in [-0.1, -0.05) is 0 Å². The molecule has 0 atom stereocenters. The number of carbonyl (C=O) groups excluding carboxylic acids is 1. The number of piperidine rings is 1. The Labute approximate surface area is 79.7 Å². The monoisotopic (exact) mass is 183 g/mol. The highest BCUT2D eigenvalue weighted by Crippen LogP contribution is 2.21. The van der Waals surface area contributed by atoms with Gasteiger partial charge >= 0.3 is 0 Å². The first-order valence-electron chi connectivity index (χ1n) is 4.89. The van der Waals surface area contributed by atoms with Gasteiger partial charge < -0.3 is 10.0 Å². The Bertz CT molecular complexity index is 162. The molecule has 0 spiro atoms. The molecule has 1 N–H and O–H groups in total. The van der Waals surface area contributed by atoms with Gasteiger partial charge in [-0.05, 0) is 31.6 Å². The van der Waals surface area contributed by atoms with E-state index in [0.29, 0.717) is 5.92 Å². The SMILES string of the molecule is [CH]C(=O)N1CCC(CCCO)CC1. The Morgan fingerprint density at radius 1 is 1.46 bits per heavy atom. The highest BCUT2D eigenvalue weighted by molar-refractivity contribution is 5.80. The summed E-state index contributed by atoms with van der Waals surface area (Å²) >= 11 is 0. The molecule has 1 heterocycles. The number of carbonyl (C=O) groups is 1. The number of hydrogen-bond acceptors (Lipinski definition) is 2. The lowest BCUT2D eigenvalue weighted by Gasteiger charge is -2.31. The van der Waals surface area contributed by atoms with Crippen molar-refractivity contribution in [2.45, 2.75) is 25.7 Å². The van der Waals surface area contributed by atoms with E-state index in [2.05, 4.69) is 0 Å². The molecule has 0 aromatic carbocycles. The summed E-state index contributed by atoms with van der Waals surface area (Å²) in [4.78, 5) is 12.5. The molecule has 0 aromatic rings. The summed E-state index contributed by atoms with van der Waals surface area (Å²) < 4.78 is 0. The van der Waals surface area contributed by atoms with Crippen LogP contribution >= 0.6 is 0 Å². The Hall–Kier alpha value is -0.570. The Morgan fingerprint density at radius 2 is 2.08 bits per heavy atom. The molecule has 3 nitrogen and oxygen atoms in total. The zero-order chi connectivity index (χ0) is 9.68. The van der Waals surface area contributed by atoms with Crippen LogP contribution in [0.15, 0.2) is 0 Å². The van der Waals surface area contributed by atoms with Gasteiger partial charge in [0.2, 0.25) is 5.91 Å². The molecule has 1 saturated heterocycles. The van der Waals surface area contributed by atoms with Crippen LogP contribution < -0.4 is 0 Å². The summed E-state index contributed by atoms with van der Waals surface area (Å²) in [7, 11) is 0. The molecule has 0 bridgehead atoms. The van der Waals surface area contributed by atoms with E-state index in [4.69, 9.17) is 12.0 Å². The van der Waals surface area contributed by atoms with Crippen LogP contribution in [0.3, 0.4) is 0 Å². The minimum Gasteiger partial charge on any atom is -0.396 e. The molecule has 0 aliphatic carbocycles. The standard InChI is InChI=1S/C10H17NO2/c1-9(13)11-6-4-10(5-7-11)3-2-8-12/h1,10,12H,2-8H2. The fourth-order valence-corrected chi connectivity index (χ4v) is 1.82. The summed E-state index contributed by atoms with van der Waals surface area (Å²) in [6, 6.07) is 0. The van der Waals surface area contributed by atoms with E-state index in [1.807, 2.05) is 0 Å². The first-order chi connectivity index (χ1) is 6.24. The highest BCUT2D eigenvalue weighted by atomic mass is 16.2. The van der Waals surface area contributed by atoms with Crippen molar-refractivity contribution in [3.8, 4) is 0 Å². The third-order valence-electron chi connectivity index (χ3n) is 2.70. The molecule has 1 rings (SSSR count). The number of aliphatic hydroxyl groups is 1.